The molecule has 3 nitrogen and oxygen atoms in total. The first-order valence-corrected chi connectivity index (χ1v) is 3.73. The fraction of sp³-hybridized carbons (Fsp3) is 0.222. The molecule has 1 aromatic rings. The first-order chi connectivity index (χ1) is 6.69. The zero-order valence-corrected chi connectivity index (χ0v) is 7.04. The lowest BCUT2D eigenvalue weighted by molar-refractivity contribution is 0.151. The van der Waals surface area contributed by atoms with E-state index in [1.54, 1.807) is 12.1 Å². The van der Waals surface area contributed by atoms with Crippen molar-refractivity contribution in [2.45, 2.75) is 12.8 Å². The highest BCUT2D eigenvalue weighted by Gasteiger charge is 2.11. The highest BCUT2D eigenvalue weighted by Crippen LogP contribution is 2.19. The molecule has 1 aromatic heterocycles. The molecule has 0 N–H and O–H groups in total. The van der Waals surface area contributed by atoms with Crippen molar-refractivity contribution in [2.24, 2.45) is 0 Å². The van der Waals surface area contributed by atoms with Crippen LogP contribution in [0.15, 0.2) is 12.3 Å². The molecule has 0 aliphatic carbocycles. The molecule has 0 aliphatic rings. The molecule has 0 saturated carbocycles. The van der Waals surface area contributed by atoms with E-state index in [-0.39, 0.29) is 23.2 Å². The normalized spacial score (nSPS) is 9.50. The van der Waals surface area contributed by atoms with Crippen molar-refractivity contribution >= 4 is 0 Å². The summed E-state index contributed by atoms with van der Waals surface area (Å²) in [5.74, 6) is 0. The second-order valence-corrected chi connectivity index (χ2v) is 2.51. The Morgan fingerprint density at radius 2 is 2.14 bits per heavy atom. The van der Waals surface area contributed by atoms with E-state index in [1.165, 1.54) is 0 Å². The molecule has 0 spiro atoms. The van der Waals surface area contributed by atoms with Crippen LogP contribution in [0, 0.1) is 22.7 Å². The molecule has 0 unspecified atom stereocenters. The summed E-state index contributed by atoms with van der Waals surface area (Å²) < 4.78 is 24.4. The Balaban J connectivity index is 3.15. The predicted molar refractivity (Wildman–Crippen MR) is 43.2 cm³/mol. The van der Waals surface area contributed by atoms with E-state index in [0.29, 0.717) is 0 Å². The third-order valence-electron chi connectivity index (χ3n) is 1.61. The molecule has 0 saturated heterocycles. The van der Waals surface area contributed by atoms with E-state index in [1.807, 2.05) is 0 Å². The Labute approximate surface area is 79.2 Å². The number of hydrogen-bond donors (Lipinski definition) is 0. The maximum atomic E-state index is 12.2. The van der Waals surface area contributed by atoms with E-state index in [0.717, 1.165) is 12.3 Å². The van der Waals surface area contributed by atoms with E-state index in [2.05, 4.69) is 4.98 Å². The Hall–Kier alpha value is -2.01. The summed E-state index contributed by atoms with van der Waals surface area (Å²) in [6.45, 7) is 0. The third-order valence-corrected chi connectivity index (χ3v) is 1.61. The highest BCUT2D eigenvalue weighted by atomic mass is 19.3. The van der Waals surface area contributed by atoms with E-state index in [4.69, 9.17) is 10.5 Å². The molecule has 0 aromatic carbocycles. The number of hydrogen-bond acceptors (Lipinski definition) is 3. The number of nitriles is 2. The SMILES string of the molecule is N#CCc1ncc(C(F)F)cc1C#N. The molecular weight excluding hydrogens is 188 g/mol. The predicted octanol–water partition coefficient (Wildman–Crippen LogP) is 1.96. The number of pyridine rings is 1. The average Bonchev–Trinajstić information content (AvgIpc) is 2.18. The quantitative estimate of drug-likeness (QED) is 0.721. The van der Waals surface area contributed by atoms with Gasteiger partial charge in [-0.2, -0.15) is 10.5 Å². The van der Waals surface area contributed by atoms with Gasteiger partial charge in [-0.25, -0.2) is 8.78 Å². The Morgan fingerprint density at radius 1 is 1.43 bits per heavy atom. The Kier molecular flexibility index (Phi) is 3.09. The molecule has 0 fully saturated rings. The fourth-order valence-electron chi connectivity index (χ4n) is 0.941. The van der Waals surface area contributed by atoms with Crippen LogP contribution in [0.4, 0.5) is 8.78 Å². The summed E-state index contributed by atoms with van der Waals surface area (Å²) >= 11 is 0. The summed E-state index contributed by atoms with van der Waals surface area (Å²) in [7, 11) is 0. The molecule has 5 heteroatoms. The van der Waals surface area contributed by atoms with Crippen molar-refractivity contribution < 1.29 is 8.78 Å². The molecule has 0 amide bonds. The van der Waals surface area contributed by atoms with Crippen LogP contribution in [0.3, 0.4) is 0 Å². The standard InChI is InChI=1S/C9H5F2N3/c10-9(11)7-3-6(4-13)8(1-2-12)14-5-7/h3,5,9H,1H2. The van der Waals surface area contributed by atoms with Crippen LogP contribution in [-0.2, 0) is 6.42 Å². The zero-order chi connectivity index (χ0) is 10.6. The lowest BCUT2D eigenvalue weighted by Crippen LogP contribution is -1.96. The number of halogens is 2. The summed E-state index contributed by atoms with van der Waals surface area (Å²) in [5.41, 5.74) is -0.0352. The van der Waals surface area contributed by atoms with Gasteiger partial charge in [0.05, 0.1) is 23.7 Å². The topological polar surface area (TPSA) is 60.5 Å². The maximum Gasteiger partial charge on any atom is 0.265 e. The van der Waals surface area contributed by atoms with Crippen molar-refractivity contribution in [3.63, 3.8) is 0 Å². The molecule has 1 heterocycles. The lowest BCUT2D eigenvalue weighted by atomic mass is 10.1. The van der Waals surface area contributed by atoms with Crippen molar-refractivity contribution in [1.29, 1.82) is 10.5 Å². The average molecular weight is 193 g/mol. The van der Waals surface area contributed by atoms with Gasteiger partial charge in [0.1, 0.15) is 6.07 Å². The van der Waals surface area contributed by atoms with Gasteiger partial charge in [0.25, 0.3) is 6.43 Å². The minimum absolute atomic E-state index is 0.0318. The minimum atomic E-state index is -2.65. The summed E-state index contributed by atoms with van der Waals surface area (Å²) in [6, 6.07) is 4.59. The van der Waals surface area contributed by atoms with E-state index >= 15 is 0 Å². The van der Waals surface area contributed by atoms with Crippen LogP contribution in [0.25, 0.3) is 0 Å². The van der Waals surface area contributed by atoms with Crippen molar-refractivity contribution in [2.75, 3.05) is 0 Å². The first-order valence-electron chi connectivity index (χ1n) is 3.73. The van der Waals surface area contributed by atoms with Gasteiger partial charge in [0, 0.05) is 11.8 Å². The monoisotopic (exact) mass is 193 g/mol. The van der Waals surface area contributed by atoms with Gasteiger partial charge in [-0.15, -0.1) is 0 Å². The number of aromatic nitrogens is 1. The van der Waals surface area contributed by atoms with E-state index in [9.17, 15) is 8.78 Å². The van der Waals surface area contributed by atoms with Crippen molar-refractivity contribution in [3.8, 4) is 12.1 Å². The molecule has 0 aliphatic heterocycles. The van der Waals surface area contributed by atoms with Gasteiger partial charge in [-0.1, -0.05) is 0 Å². The molecule has 0 radical (unpaired) electrons. The Morgan fingerprint density at radius 3 is 2.64 bits per heavy atom. The maximum absolute atomic E-state index is 12.2. The van der Waals surface area contributed by atoms with E-state index < -0.39 is 6.43 Å². The van der Waals surface area contributed by atoms with Crippen LogP contribution >= 0.6 is 0 Å². The molecule has 0 atom stereocenters. The largest absolute Gasteiger partial charge is 0.265 e. The number of alkyl halides is 2. The first kappa shape index (κ1) is 10.1. The van der Waals surface area contributed by atoms with Crippen LogP contribution in [0.1, 0.15) is 23.2 Å². The van der Waals surface area contributed by atoms with Gasteiger partial charge >= 0.3 is 0 Å². The van der Waals surface area contributed by atoms with Gasteiger partial charge in [-0.3, -0.25) is 4.98 Å². The van der Waals surface area contributed by atoms with Gasteiger partial charge < -0.3 is 0 Å². The van der Waals surface area contributed by atoms with Crippen LogP contribution < -0.4 is 0 Å². The summed E-state index contributed by atoms with van der Waals surface area (Å²) in [5, 5.41) is 17.0. The molecule has 1 rings (SSSR count). The second kappa shape index (κ2) is 4.29. The molecular formula is C9H5F2N3. The van der Waals surface area contributed by atoms with Crippen LogP contribution in [0.5, 0.6) is 0 Å². The lowest BCUT2D eigenvalue weighted by Gasteiger charge is -2.01. The second-order valence-electron chi connectivity index (χ2n) is 2.51. The number of rotatable bonds is 2. The van der Waals surface area contributed by atoms with Crippen LogP contribution in [0.2, 0.25) is 0 Å². The van der Waals surface area contributed by atoms with Crippen LogP contribution in [-0.4, -0.2) is 4.98 Å². The number of nitrogens with zero attached hydrogens (tertiary/aromatic N) is 3. The van der Waals surface area contributed by atoms with Crippen molar-refractivity contribution in [1.82, 2.24) is 4.98 Å². The zero-order valence-electron chi connectivity index (χ0n) is 7.04. The summed E-state index contributed by atoms with van der Waals surface area (Å²) in [4.78, 5) is 3.64. The van der Waals surface area contributed by atoms with Gasteiger partial charge in [-0.05, 0) is 6.07 Å². The smallest absolute Gasteiger partial charge is 0.258 e. The highest BCUT2D eigenvalue weighted by molar-refractivity contribution is 5.37. The molecule has 14 heavy (non-hydrogen) atoms. The van der Waals surface area contributed by atoms with Gasteiger partial charge in [0.2, 0.25) is 0 Å². The summed E-state index contributed by atoms with van der Waals surface area (Å²) in [6.07, 6.45) is -1.71. The minimum Gasteiger partial charge on any atom is -0.258 e. The molecule has 0 bridgehead atoms. The third kappa shape index (κ3) is 2.02. The fourth-order valence-corrected chi connectivity index (χ4v) is 0.941. The van der Waals surface area contributed by atoms with Gasteiger partial charge in [0.15, 0.2) is 0 Å². The molecule has 70 valence electrons. The Bertz CT molecular complexity index is 415. The van der Waals surface area contributed by atoms with Crippen molar-refractivity contribution in [3.05, 3.63) is 29.1 Å².